The Hall–Kier alpha value is -4.11. The lowest BCUT2D eigenvalue weighted by Gasteiger charge is -2.24. The molecule has 1 fully saturated rings. The fourth-order valence-corrected chi connectivity index (χ4v) is 4.51. The Morgan fingerprint density at radius 3 is 2.54 bits per heavy atom. The molecule has 0 aliphatic carbocycles. The number of carbonyl (C=O) groups is 2. The summed E-state index contributed by atoms with van der Waals surface area (Å²) in [5.41, 5.74) is 2.17. The second-order valence-electron chi connectivity index (χ2n) is 8.10. The van der Waals surface area contributed by atoms with Gasteiger partial charge in [-0.15, -0.1) is 0 Å². The maximum absolute atomic E-state index is 13.5. The van der Waals surface area contributed by atoms with E-state index in [1.165, 1.54) is 4.90 Å². The van der Waals surface area contributed by atoms with Crippen molar-refractivity contribution < 1.29 is 23.8 Å². The minimum atomic E-state index is -0.758. The van der Waals surface area contributed by atoms with Crippen LogP contribution in [0, 0.1) is 0 Å². The zero-order valence-electron chi connectivity index (χ0n) is 19.0. The normalized spacial score (nSPS) is 16.5. The van der Waals surface area contributed by atoms with E-state index in [0.717, 1.165) is 5.56 Å². The summed E-state index contributed by atoms with van der Waals surface area (Å²) >= 11 is 5.74. The molecule has 8 nitrogen and oxygen atoms in total. The molecule has 2 aliphatic rings. The van der Waals surface area contributed by atoms with E-state index in [4.69, 9.17) is 26.4 Å². The highest BCUT2D eigenvalue weighted by atomic mass is 32.1. The second kappa shape index (κ2) is 9.63. The van der Waals surface area contributed by atoms with Crippen LogP contribution >= 0.6 is 12.2 Å². The average Bonchev–Trinajstić information content (AvgIpc) is 3.43. The first-order valence-electron chi connectivity index (χ1n) is 11.1. The van der Waals surface area contributed by atoms with Crippen LogP contribution < -0.4 is 24.4 Å². The predicted octanol–water partition coefficient (Wildman–Crippen LogP) is 3.96. The number of rotatable bonds is 7. The van der Waals surface area contributed by atoms with E-state index in [9.17, 15) is 9.59 Å². The largest absolute Gasteiger partial charge is 0.497 e. The minimum Gasteiger partial charge on any atom is -0.497 e. The quantitative estimate of drug-likeness (QED) is 0.504. The van der Waals surface area contributed by atoms with Crippen molar-refractivity contribution in [1.82, 2.24) is 4.90 Å². The number of methoxy groups -OCH3 is 1. The van der Waals surface area contributed by atoms with Gasteiger partial charge < -0.3 is 24.4 Å². The summed E-state index contributed by atoms with van der Waals surface area (Å²) in [7, 11) is 1.58. The van der Waals surface area contributed by atoms with Gasteiger partial charge in [-0.25, -0.2) is 0 Å². The second-order valence-corrected chi connectivity index (χ2v) is 8.47. The van der Waals surface area contributed by atoms with Crippen LogP contribution in [-0.2, 0) is 16.1 Å². The molecule has 1 atom stereocenters. The maximum Gasteiger partial charge on any atom is 0.256 e. The van der Waals surface area contributed by atoms with Gasteiger partial charge in [-0.05, 0) is 66.3 Å². The lowest BCUT2D eigenvalue weighted by atomic mass is 10.1. The molecule has 0 bridgehead atoms. The fraction of sp³-hybridized carbons (Fsp3) is 0.192. The van der Waals surface area contributed by atoms with Crippen LogP contribution in [0.3, 0.4) is 0 Å². The Balaban J connectivity index is 1.39. The number of carbonyl (C=O) groups excluding carboxylic acids is 2. The first kappa shape index (κ1) is 22.7. The van der Waals surface area contributed by atoms with E-state index in [0.29, 0.717) is 40.3 Å². The molecule has 0 spiro atoms. The third-order valence-electron chi connectivity index (χ3n) is 5.88. The average molecular weight is 490 g/mol. The number of hydrogen-bond acceptors (Lipinski definition) is 6. The maximum atomic E-state index is 13.5. The summed E-state index contributed by atoms with van der Waals surface area (Å²) in [6.45, 7) is 0.514. The molecule has 3 aromatic carbocycles. The van der Waals surface area contributed by atoms with E-state index >= 15 is 0 Å². The highest BCUT2D eigenvalue weighted by molar-refractivity contribution is 7.80. The van der Waals surface area contributed by atoms with E-state index in [1.54, 1.807) is 36.3 Å². The molecule has 0 unspecified atom stereocenters. The molecule has 1 saturated heterocycles. The molecule has 1 N–H and O–H groups in total. The topological polar surface area (TPSA) is 80.3 Å². The van der Waals surface area contributed by atoms with Gasteiger partial charge in [0.25, 0.3) is 5.91 Å². The molecular formula is C26H23N3O5S. The Morgan fingerprint density at radius 1 is 1.06 bits per heavy atom. The number of thiocarbonyl (C=S) groups is 1. The summed E-state index contributed by atoms with van der Waals surface area (Å²) in [5.74, 6) is 1.48. The van der Waals surface area contributed by atoms with Gasteiger partial charge in [-0.3, -0.25) is 14.5 Å². The first-order valence-corrected chi connectivity index (χ1v) is 11.5. The molecular weight excluding hydrogens is 466 g/mol. The molecule has 2 aliphatic heterocycles. The number of hydrogen-bond donors (Lipinski definition) is 1. The van der Waals surface area contributed by atoms with Crippen LogP contribution in [-0.4, -0.2) is 41.8 Å². The number of para-hydroxylation sites is 1. The third-order valence-corrected chi connectivity index (χ3v) is 6.29. The summed E-state index contributed by atoms with van der Waals surface area (Å²) in [6.07, 6.45) is -0.0567. The number of fused-ring (bicyclic) bond motifs is 1. The zero-order chi connectivity index (χ0) is 24.4. The lowest BCUT2D eigenvalue weighted by Crippen LogP contribution is -2.37. The first-order chi connectivity index (χ1) is 17.0. The van der Waals surface area contributed by atoms with E-state index in [1.807, 2.05) is 48.5 Å². The van der Waals surface area contributed by atoms with Crippen LogP contribution in [0.2, 0.25) is 0 Å². The monoisotopic (exact) mass is 489 g/mol. The van der Waals surface area contributed by atoms with Crippen LogP contribution in [0.1, 0.15) is 12.0 Å². The van der Waals surface area contributed by atoms with Crippen molar-refractivity contribution in [2.75, 3.05) is 24.1 Å². The molecule has 3 aromatic rings. The Bertz CT molecular complexity index is 1270. The summed E-state index contributed by atoms with van der Waals surface area (Å²) in [6, 6.07) is 21.1. The number of amides is 2. The molecule has 0 radical (unpaired) electrons. The van der Waals surface area contributed by atoms with Gasteiger partial charge in [0.15, 0.2) is 16.6 Å². The highest BCUT2D eigenvalue weighted by Crippen LogP contribution is 2.34. The zero-order valence-corrected chi connectivity index (χ0v) is 19.8. The third kappa shape index (κ3) is 4.63. The van der Waals surface area contributed by atoms with Crippen LogP contribution in [0.25, 0.3) is 0 Å². The van der Waals surface area contributed by atoms with Gasteiger partial charge in [0.05, 0.1) is 19.2 Å². The number of benzene rings is 3. The number of ether oxygens (including phenoxy) is 3. The molecule has 5 rings (SSSR count). The molecule has 9 heteroatoms. The number of nitrogens with one attached hydrogen (secondary N) is 1. The van der Waals surface area contributed by atoms with Crippen molar-refractivity contribution >= 4 is 40.5 Å². The van der Waals surface area contributed by atoms with Gasteiger partial charge in [-0.2, -0.15) is 0 Å². The molecule has 2 heterocycles. The fourth-order valence-electron chi connectivity index (χ4n) is 4.13. The molecule has 0 saturated carbocycles. The van der Waals surface area contributed by atoms with Crippen molar-refractivity contribution in [3.8, 4) is 17.2 Å². The van der Waals surface area contributed by atoms with E-state index in [-0.39, 0.29) is 25.0 Å². The van der Waals surface area contributed by atoms with Gasteiger partial charge in [0.2, 0.25) is 12.7 Å². The van der Waals surface area contributed by atoms with Gasteiger partial charge >= 0.3 is 0 Å². The van der Waals surface area contributed by atoms with Crippen LogP contribution in [0.15, 0.2) is 72.8 Å². The van der Waals surface area contributed by atoms with Crippen molar-refractivity contribution in [3.05, 3.63) is 78.4 Å². The summed E-state index contributed by atoms with van der Waals surface area (Å²) < 4.78 is 16.0. The predicted molar refractivity (Wildman–Crippen MR) is 135 cm³/mol. The summed E-state index contributed by atoms with van der Waals surface area (Å²) in [5, 5.41) is 3.21. The van der Waals surface area contributed by atoms with E-state index < -0.39 is 6.04 Å². The highest BCUT2D eigenvalue weighted by Gasteiger charge is 2.44. The Morgan fingerprint density at radius 2 is 1.80 bits per heavy atom. The van der Waals surface area contributed by atoms with Crippen LogP contribution in [0.5, 0.6) is 17.2 Å². The van der Waals surface area contributed by atoms with Gasteiger partial charge in [-0.1, -0.05) is 24.3 Å². The van der Waals surface area contributed by atoms with E-state index in [2.05, 4.69) is 5.32 Å². The molecule has 0 aromatic heterocycles. The number of anilines is 2. The van der Waals surface area contributed by atoms with Crippen molar-refractivity contribution in [3.63, 3.8) is 0 Å². The smallest absolute Gasteiger partial charge is 0.256 e. The van der Waals surface area contributed by atoms with Crippen molar-refractivity contribution in [2.24, 2.45) is 0 Å². The minimum absolute atomic E-state index is 0.0567. The molecule has 2 amide bonds. The number of nitrogens with zero attached hydrogens (tertiary/aromatic N) is 2. The van der Waals surface area contributed by atoms with Gasteiger partial charge in [0.1, 0.15) is 11.8 Å². The molecule has 178 valence electrons. The van der Waals surface area contributed by atoms with Crippen LogP contribution in [0.4, 0.5) is 11.4 Å². The SMILES string of the molecule is COc1ccc(NC(=O)C[C@@H]2C(=O)N(c3ccccc3)C(=S)N2Cc2ccc3c(c2)OCO3)cc1. The van der Waals surface area contributed by atoms with Gasteiger partial charge in [0, 0.05) is 12.2 Å². The lowest BCUT2D eigenvalue weighted by molar-refractivity contribution is -0.124. The summed E-state index contributed by atoms with van der Waals surface area (Å²) in [4.78, 5) is 29.8. The molecule has 35 heavy (non-hydrogen) atoms. The van der Waals surface area contributed by atoms with Crippen molar-refractivity contribution in [2.45, 2.75) is 19.0 Å². The standard InChI is InChI=1S/C26H23N3O5S/c1-32-20-10-8-18(9-11-20)27-24(30)14-21-25(31)29(19-5-3-2-4-6-19)26(35)28(21)15-17-7-12-22-23(13-17)34-16-33-22/h2-13,21H,14-16H2,1H3,(H,27,30)/t21-/m1/s1. The van der Waals surface area contributed by atoms with Crippen molar-refractivity contribution in [1.29, 1.82) is 0 Å². The Labute approximate surface area is 208 Å². The Kier molecular flexibility index (Phi) is 6.24.